The van der Waals surface area contributed by atoms with Crippen LogP contribution in [0.2, 0.25) is 0 Å². The van der Waals surface area contributed by atoms with Crippen LogP contribution in [0.15, 0.2) is 30.3 Å². The quantitative estimate of drug-likeness (QED) is 0.812. The number of anilines is 2. The molecule has 90 valence electrons. The van der Waals surface area contributed by atoms with Crippen molar-refractivity contribution >= 4 is 11.6 Å². The Bertz CT molecular complexity index is 619. The second kappa shape index (κ2) is 4.80. The monoisotopic (exact) mass is 242 g/mol. The Balaban J connectivity index is 2.47. The molecule has 0 aliphatic heterocycles. The molecule has 0 saturated carbocycles. The maximum atomic E-state index is 13.6. The highest BCUT2D eigenvalue weighted by atomic mass is 19.1. The molecule has 0 aliphatic carbocycles. The normalized spacial score (nSPS) is 9.89. The predicted octanol–water partition coefficient (Wildman–Crippen LogP) is 2.56. The highest BCUT2D eigenvalue weighted by Gasteiger charge is 2.12. The summed E-state index contributed by atoms with van der Waals surface area (Å²) in [5.41, 5.74) is 1.30. The molecule has 0 radical (unpaired) electrons. The van der Waals surface area contributed by atoms with Crippen molar-refractivity contribution in [3.63, 3.8) is 0 Å². The van der Waals surface area contributed by atoms with E-state index >= 15 is 0 Å². The van der Waals surface area contributed by atoms with E-state index in [9.17, 15) is 4.39 Å². The van der Waals surface area contributed by atoms with Crippen LogP contribution in [0, 0.1) is 24.1 Å². The molecule has 18 heavy (non-hydrogen) atoms. The fourth-order valence-corrected chi connectivity index (χ4v) is 1.59. The van der Waals surface area contributed by atoms with Gasteiger partial charge in [-0.15, -0.1) is 0 Å². The summed E-state index contributed by atoms with van der Waals surface area (Å²) in [7, 11) is 1.66. The lowest BCUT2D eigenvalue weighted by atomic mass is 10.3. The lowest BCUT2D eigenvalue weighted by Gasteiger charge is -2.18. The van der Waals surface area contributed by atoms with Gasteiger partial charge in [-0.1, -0.05) is 12.1 Å². The molecule has 0 saturated heterocycles. The van der Waals surface area contributed by atoms with Crippen molar-refractivity contribution in [1.82, 2.24) is 9.97 Å². The van der Waals surface area contributed by atoms with Crippen molar-refractivity contribution in [3.8, 4) is 6.07 Å². The van der Waals surface area contributed by atoms with E-state index in [1.165, 1.54) is 11.0 Å². The number of aryl methyl sites for hydroxylation is 1. The van der Waals surface area contributed by atoms with Gasteiger partial charge in [0.25, 0.3) is 0 Å². The van der Waals surface area contributed by atoms with Crippen LogP contribution in [0.4, 0.5) is 16.0 Å². The Hall–Kier alpha value is -2.48. The molecule has 0 N–H and O–H groups in total. The van der Waals surface area contributed by atoms with Crippen LogP contribution in [-0.4, -0.2) is 17.0 Å². The molecule has 5 heteroatoms. The summed E-state index contributed by atoms with van der Waals surface area (Å²) < 4.78 is 13.6. The summed E-state index contributed by atoms with van der Waals surface area (Å²) >= 11 is 0. The fourth-order valence-electron chi connectivity index (χ4n) is 1.59. The maximum Gasteiger partial charge on any atom is 0.231 e. The fraction of sp³-hybridized carbons (Fsp3) is 0.154. The van der Waals surface area contributed by atoms with Crippen LogP contribution in [0.5, 0.6) is 0 Å². The van der Waals surface area contributed by atoms with Crippen molar-refractivity contribution in [1.29, 1.82) is 5.26 Å². The first-order valence-corrected chi connectivity index (χ1v) is 5.36. The molecule has 4 nitrogen and oxygen atoms in total. The zero-order chi connectivity index (χ0) is 13.1. The summed E-state index contributed by atoms with van der Waals surface area (Å²) in [4.78, 5) is 9.77. The van der Waals surface area contributed by atoms with Gasteiger partial charge in [-0.25, -0.2) is 14.4 Å². The highest BCUT2D eigenvalue weighted by Crippen LogP contribution is 2.23. The number of aromatic nitrogens is 2. The minimum absolute atomic E-state index is 0.265. The molecular weight excluding hydrogens is 231 g/mol. The minimum atomic E-state index is -0.358. The zero-order valence-corrected chi connectivity index (χ0v) is 10.1. The third-order valence-electron chi connectivity index (χ3n) is 2.47. The highest BCUT2D eigenvalue weighted by molar-refractivity contribution is 5.57. The largest absolute Gasteiger partial charge is 0.311 e. The third-order valence-corrected chi connectivity index (χ3v) is 2.47. The summed E-state index contributed by atoms with van der Waals surface area (Å²) in [5, 5.41) is 8.86. The van der Waals surface area contributed by atoms with Gasteiger partial charge in [-0.2, -0.15) is 5.26 Å². The van der Waals surface area contributed by atoms with E-state index in [0.29, 0.717) is 17.3 Å². The number of nitrogens with zero attached hydrogens (tertiary/aromatic N) is 4. The number of hydrogen-bond donors (Lipinski definition) is 0. The zero-order valence-electron chi connectivity index (χ0n) is 10.1. The number of benzene rings is 1. The Labute approximate surface area is 104 Å². The summed E-state index contributed by atoms with van der Waals surface area (Å²) in [5.74, 6) is -0.0553. The second-order valence-electron chi connectivity index (χ2n) is 3.82. The van der Waals surface area contributed by atoms with E-state index < -0.39 is 0 Å². The molecule has 0 bridgehead atoms. The van der Waals surface area contributed by atoms with Gasteiger partial charge >= 0.3 is 0 Å². The van der Waals surface area contributed by atoms with Crippen LogP contribution in [0.1, 0.15) is 11.4 Å². The molecule has 0 unspecified atom stereocenters. The number of hydrogen-bond acceptors (Lipinski definition) is 4. The van der Waals surface area contributed by atoms with Crippen LogP contribution in [0.3, 0.4) is 0 Å². The predicted molar refractivity (Wildman–Crippen MR) is 65.9 cm³/mol. The average molecular weight is 242 g/mol. The molecule has 1 aromatic heterocycles. The van der Waals surface area contributed by atoms with E-state index in [4.69, 9.17) is 5.26 Å². The van der Waals surface area contributed by atoms with Crippen LogP contribution in [-0.2, 0) is 0 Å². The molecule has 0 atom stereocenters. The molecule has 0 aliphatic rings. The molecule has 0 fully saturated rings. The molecular formula is C13H11FN4. The van der Waals surface area contributed by atoms with Crippen molar-refractivity contribution in [2.24, 2.45) is 0 Å². The molecule has 2 aromatic rings. The molecule has 0 spiro atoms. The van der Waals surface area contributed by atoms with Crippen LogP contribution in [0.25, 0.3) is 0 Å². The Morgan fingerprint density at radius 3 is 2.67 bits per heavy atom. The van der Waals surface area contributed by atoms with Gasteiger partial charge in [0.1, 0.15) is 17.6 Å². The van der Waals surface area contributed by atoms with E-state index in [2.05, 4.69) is 9.97 Å². The van der Waals surface area contributed by atoms with E-state index in [0.717, 1.165) is 0 Å². The lowest BCUT2D eigenvalue weighted by molar-refractivity contribution is 0.627. The first-order chi connectivity index (χ1) is 8.61. The van der Waals surface area contributed by atoms with Gasteiger partial charge in [0, 0.05) is 12.7 Å². The van der Waals surface area contributed by atoms with Crippen LogP contribution < -0.4 is 4.90 Å². The molecule has 2 rings (SSSR count). The van der Waals surface area contributed by atoms with Gasteiger partial charge in [0.2, 0.25) is 5.95 Å². The number of halogens is 1. The van der Waals surface area contributed by atoms with Crippen molar-refractivity contribution in [3.05, 3.63) is 47.5 Å². The molecule has 0 amide bonds. The van der Waals surface area contributed by atoms with Crippen molar-refractivity contribution < 1.29 is 4.39 Å². The van der Waals surface area contributed by atoms with E-state index in [1.807, 2.05) is 6.07 Å². The number of para-hydroxylation sites is 1. The average Bonchev–Trinajstić information content (AvgIpc) is 2.37. The SMILES string of the molecule is Cc1cc(C#N)nc(N(C)c2ccccc2F)n1. The van der Waals surface area contributed by atoms with Gasteiger partial charge in [-0.05, 0) is 25.1 Å². The molecule has 1 aromatic carbocycles. The smallest absolute Gasteiger partial charge is 0.231 e. The maximum absolute atomic E-state index is 13.6. The Morgan fingerprint density at radius 1 is 1.28 bits per heavy atom. The first-order valence-electron chi connectivity index (χ1n) is 5.36. The lowest BCUT2D eigenvalue weighted by Crippen LogP contribution is -2.15. The summed E-state index contributed by atoms with van der Waals surface area (Å²) in [6.45, 7) is 1.77. The third kappa shape index (κ3) is 2.28. The van der Waals surface area contributed by atoms with E-state index in [1.54, 1.807) is 38.2 Å². The Kier molecular flexibility index (Phi) is 3.20. The van der Waals surface area contributed by atoms with E-state index in [-0.39, 0.29) is 11.5 Å². The van der Waals surface area contributed by atoms with Gasteiger partial charge in [0.15, 0.2) is 0 Å². The van der Waals surface area contributed by atoms with Gasteiger partial charge in [-0.3, -0.25) is 0 Å². The summed E-state index contributed by atoms with van der Waals surface area (Å²) in [6, 6.07) is 9.89. The number of nitriles is 1. The first kappa shape index (κ1) is 12.0. The van der Waals surface area contributed by atoms with Crippen LogP contribution >= 0.6 is 0 Å². The minimum Gasteiger partial charge on any atom is -0.311 e. The summed E-state index contributed by atoms with van der Waals surface area (Å²) in [6.07, 6.45) is 0. The standard InChI is InChI=1S/C13H11FN4/c1-9-7-10(8-15)17-13(16-9)18(2)12-6-4-3-5-11(12)14/h3-7H,1-2H3. The Morgan fingerprint density at radius 2 is 2.00 bits per heavy atom. The number of rotatable bonds is 2. The second-order valence-corrected chi connectivity index (χ2v) is 3.82. The molecule has 1 heterocycles. The van der Waals surface area contributed by atoms with Crippen molar-refractivity contribution in [2.75, 3.05) is 11.9 Å². The van der Waals surface area contributed by atoms with Crippen molar-refractivity contribution in [2.45, 2.75) is 6.92 Å². The van der Waals surface area contributed by atoms with Gasteiger partial charge < -0.3 is 4.90 Å². The van der Waals surface area contributed by atoms with Gasteiger partial charge in [0.05, 0.1) is 5.69 Å². The topological polar surface area (TPSA) is 52.8 Å².